The fourth-order valence-electron chi connectivity index (χ4n) is 3.21. The van der Waals surface area contributed by atoms with E-state index in [0.717, 1.165) is 5.56 Å². The van der Waals surface area contributed by atoms with Gasteiger partial charge in [0.15, 0.2) is 0 Å². The largest absolute Gasteiger partial charge is 0.462 e. The van der Waals surface area contributed by atoms with Crippen LogP contribution >= 0.6 is 12.8 Å². The van der Waals surface area contributed by atoms with Gasteiger partial charge in [0, 0.05) is 12.2 Å². The van der Waals surface area contributed by atoms with Gasteiger partial charge in [0.2, 0.25) is 0 Å². The van der Waals surface area contributed by atoms with Gasteiger partial charge in [0.1, 0.15) is 0 Å². The lowest BCUT2D eigenvalue weighted by Gasteiger charge is -2.16. The number of nitrogens with one attached hydrogen (secondary N) is 3. The average molecular weight is 557 g/mol. The summed E-state index contributed by atoms with van der Waals surface area (Å²) in [6.07, 6.45) is 1.09. The van der Waals surface area contributed by atoms with E-state index in [1.165, 1.54) is 40.7 Å². The molecule has 0 radical (unpaired) electrons. The van der Waals surface area contributed by atoms with E-state index in [9.17, 15) is 22.8 Å². The van der Waals surface area contributed by atoms with Gasteiger partial charge in [-0.05, 0) is 62.2 Å². The number of urea groups is 2. The number of esters is 1. The standard InChI is InChI=1S/C26H28N4O6S2/c1-19-12-14-23(15-13-19)38(34,35)29-25(32)28-21-9-7-8-20(18-21)24(31)36-17-6-5-16-27-26(33)30(37)22-10-3-2-4-11-22/h2-4,7-15,18,37H,5-6,16-17H2,1H3,(H,27,33)(H2,28,29,32). The Morgan fingerprint density at radius 1 is 0.921 bits per heavy atom. The zero-order chi connectivity index (χ0) is 27.5. The third kappa shape index (κ3) is 8.53. The average Bonchev–Trinajstić information content (AvgIpc) is 2.90. The van der Waals surface area contributed by atoms with Crippen molar-refractivity contribution in [3.63, 3.8) is 0 Å². The molecule has 0 spiro atoms. The Morgan fingerprint density at radius 2 is 1.63 bits per heavy atom. The summed E-state index contributed by atoms with van der Waals surface area (Å²) in [7, 11) is -4.05. The maximum Gasteiger partial charge on any atom is 0.338 e. The van der Waals surface area contributed by atoms with E-state index in [-0.39, 0.29) is 28.8 Å². The highest BCUT2D eigenvalue weighted by atomic mass is 32.2. The molecule has 0 aliphatic heterocycles. The van der Waals surface area contributed by atoms with Gasteiger partial charge in [-0.15, -0.1) is 0 Å². The van der Waals surface area contributed by atoms with Gasteiger partial charge in [-0.3, -0.25) is 0 Å². The molecule has 38 heavy (non-hydrogen) atoms. The molecule has 0 saturated heterocycles. The molecule has 3 rings (SSSR count). The molecule has 4 amide bonds. The third-order valence-corrected chi connectivity index (χ3v) is 6.95. The molecule has 0 atom stereocenters. The second-order valence-corrected chi connectivity index (χ2v) is 10.3. The van der Waals surface area contributed by atoms with Crippen molar-refractivity contribution in [3.05, 3.63) is 90.0 Å². The maximum absolute atomic E-state index is 12.4. The fourth-order valence-corrected chi connectivity index (χ4v) is 4.32. The van der Waals surface area contributed by atoms with Crippen LogP contribution in [0.5, 0.6) is 0 Å². The number of amides is 4. The predicted octanol–water partition coefficient (Wildman–Crippen LogP) is 4.50. The summed E-state index contributed by atoms with van der Waals surface area (Å²) in [5.41, 5.74) is 1.93. The number of thiol groups is 1. The van der Waals surface area contributed by atoms with Crippen molar-refractivity contribution < 1.29 is 27.5 Å². The number of hydrogen-bond acceptors (Lipinski definition) is 7. The molecule has 12 heteroatoms. The van der Waals surface area contributed by atoms with Gasteiger partial charge < -0.3 is 15.4 Å². The van der Waals surface area contributed by atoms with Crippen LogP contribution in [0.4, 0.5) is 21.0 Å². The number of sulfonamides is 1. The Labute approximate surface area is 227 Å². The number of anilines is 2. The second-order valence-electron chi connectivity index (χ2n) is 8.18. The maximum atomic E-state index is 12.4. The van der Waals surface area contributed by atoms with Crippen molar-refractivity contribution in [2.45, 2.75) is 24.7 Å². The summed E-state index contributed by atoms with van der Waals surface area (Å²) < 4.78 is 33.1. The molecule has 10 nitrogen and oxygen atoms in total. The highest BCUT2D eigenvalue weighted by Gasteiger charge is 2.18. The molecule has 0 aliphatic carbocycles. The van der Waals surface area contributed by atoms with E-state index in [0.29, 0.717) is 25.1 Å². The number of nitrogens with zero attached hydrogens (tertiary/aromatic N) is 1. The van der Waals surface area contributed by atoms with Crippen molar-refractivity contribution in [3.8, 4) is 0 Å². The number of carbonyl (C=O) groups is 3. The van der Waals surface area contributed by atoms with Gasteiger partial charge in [0.25, 0.3) is 10.0 Å². The van der Waals surface area contributed by atoms with E-state index in [1.807, 2.05) is 17.7 Å². The van der Waals surface area contributed by atoms with Crippen LogP contribution < -0.4 is 19.7 Å². The van der Waals surface area contributed by atoms with Crippen LogP contribution in [0.3, 0.4) is 0 Å². The molecule has 0 heterocycles. The summed E-state index contributed by atoms with van der Waals surface area (Å²) in [4.78, 5) is 36.7. The van der Waals surface area contributed by atoms with Crippen molar-refractivity contribution in [1.29, 1.82) is 0 Å². The first-order valence-corrected chi connectivity index (χ1v) is 13.5. The number of aryl methyl sites for hydroxylation is 1. The summed E-state index contributed by atoms with van der Waals surface area (Å²) in [5, 5.41) is 5.14. The summed E-state index contributed by atoms with van der Waals surface area (Å²) in [6, 6.07) is 19.6. The van der Waals surface area contributed by atoms with Gasteiger partial charge in [-0.2, -0.15) is 0 Å². The van der Waals surface area contributed by atoms with Gasteiger partial charge >= 0.3 is 18.0 Å². The van der Waals surface area contributed by atoms with Crippen LogP contribution in [0, 0.1) is 6.92 Å². The first-order chi connectivity index (χ1) is 18.2. The molecule has 0 bridgehead atoms. The Balaban J connectivity index is 1.40. The third-order valence-electron chi connectivity index (χ3n) is 5.19. The highest BCUT2D eigenvalue weighted by molar-refractivity contribution is 7.90. The van der Waals surface area contributed by atoms with Gasteiger partial charge in [-0.1, -0.05) is 54.8 Å². The zero-order valence-corrected chi connectivity index (χ0v) is 22.3. The molecule has 3 aromatic rings. The predicted molar refractivity (Wildman–Crippen MR) is 148 cm³/mol. The SMILES string of the molecule is Cc1ccc(S(=O)(=O)NC(=O)Nc2cccc(C(=O)OCCCCNC(=O)N(S)c3ccccc3)c2)cc1. The summed E-state index contributed by atoms with van der Waals surface area (Å²) in [6.45, 7) is 2.32. The Hall–Kier alpha value is -4.03. The van der Waals surface area contributed by atoms with E-state index >= 15 is 0 Å². The van der Waals surface area contributed by atoms with Crippen LogP contribution in [0.1, 0.15) is 28.8 Å². The molecule has 0 fully saturated rings. The normalized spacial score (nSPS) is 10.8. The number of ether oxygens (including phenoxy) is 1. The molecule has 3 N–H and O–H groups in total. The molecular formula is C26H28N4O6S2. The number of rotatable bonds is 10. The van der Waals surface area contributed by atoms with E-state index < -0.39 is 22.0 Å². The monoisotopic (exact) mass is 556 g/mol. The Morgan fingerprint density at radius 3 is 2.34 bits per heavy atom. The number of benzene rings is 3. The molecule has 0 unspecified atom stereocenters. The molecule has 200 valence electrons. The zero-order valence-electron chi connectivity index (χ0n) is 20.6. The first-order valence-electron chi connectivity index (χ1n) is 11.7. The Bertz CT molecular complexity index is 1370. The second kappa shape index (κ2) is 13.5. The fraction of sp³-hybridized carbons (Fsp3) is 0.192. The smallest absolute Gasteiger partial charge is 0.338 e. The summed E-state index contributed by atoms with van der Waals surface area (Å²) >= 11 is 4.19. The minimum atomic E-state index is -4.05. The van der Waals surface area contributed by atoms with Crippen LogP contribution in [0.15, 0.2) is 83.8 Å². The van der Waals surface area contributed by atoms with Crippen LogP contribution in [-0.2, 0) is 14.8 Å². The van der Waals surface area contributed by atoms with E-state index in [1.54, 1.807) is 36.4 Å². The quantitative estimate of drug-likeness (QED) is 0.165. The molecular weight excluding hydrogens is 528 g/mol. The minimum Gasteiger partial charge on any atom is -0.462 e. The van der Waals surface area contributed by atoms with Crippen molar-refractivity contribution in [1.82, 2.24) is 10.0 Å². The first kappa shape index (κ1) is 28.5. The summed E-state index contributed by atoms with van der Waals surface area (Å²) in [5.74, 6) is -0.601. The molecule has 3 aromatic carbocycles. The number of carbonyl (C=O) groups excluding carboxylic acids is 3. The van der Waals surface area contributed by atoms with E-state index in [4.69, 9.17) is 4.74 Å². The van der Waals surface area contributed by atoms with Gasteiger partial charge in [-0.25, -0.2) is 31.8 Å². The number of unbranched alkanes of at least 4 members (excludes halogenated alkanes) is 1. The number of para-hydroxylation sites is 1. The van der Waals surface area contributed by atoms with Crippen molar-refractivity contribution in [2.24, 2.45) is 0 Å². The topological polar surface area (TPSA) is 134 Å². The Kier molecular flexibility index (Phi) is 10.1. The lowest BCUT2D eigenvalue weighted by molar-refractivity contribution is 0.0498. The molecule has 0 aromatic heterocycles. The van der Waals surface area contributed by atoms with Gasteiger partial charge in [0.05, 0.1) is 22.8 Å². The lowest BCUT2D eigenvalue weighted by atomic mass is 10.2. The van der Waals surface area contributed by atoms with Crippen molar-refractivity contribution >= 4 is 52.2 Å². The number of hydrogen-bond donors (Lipinski definition) is 4. The van der Waals surface area contributed by atoms with Crippen LogP contribution in [0.25, 0.3) is 0 Å². The lowest BCUT2D eigenvalue weighted by Crippen LogP contribution is -2.34. The molecule has 0 saturated carbocycles. The highest BCUT2D eigenvalue weighted by Crippen LogP contribution is 2.16. The van der Waals surface area contributed by atoms with Crippen molar-refractivity contribution in [2.75, 3.05) is 22.8 Å². The van der Waals surface area contributed by atoms with Crippen LogP contribution in [-0.4, -0.2) is 39.6 Å². The minimum absolute atomic E-state index is 0.0470. The van der Waals surface area contributed by atoms with Crippen LogP contribution in [0.2, 0.25) is 0 Å². The van der Waals surface area contributed by atoms with E-state index in [2.05, 4.69) is 23.4 Å². The molecule has 0 aliphatic rings.